The first-order valence-corrected chi connectivity index (χ1v) is 13.7. The van der Waals surface area contributed by atoms with Crippen LogP contribution in [0.1, 0.15) is 25.7 Å². The largest absolute Gasteiger partial charge is 0.358 e. The van der Waals surface area contributed by atoms with Gasteiger partial charge in [0, 0.05) is 49.8 Å². The number of hydrogen-bond donors (Lipinski definition) is 3. The highest BCUT2D eigenvalue weighted by Crippen LogP contribution is 2.33. The molecule has 5 aromatic rings. The molecule has 39 heavy (non-hydrogen) atoms. The molecule has 10 nitrogen and oxygen atoms in total. The number of rotatable bonds is 6. The van der Waals surface area contributed by atoms with E-state index in [0.29, 0.717) is 17.4 Å². The van der Waals surface area contributed by atoms with Crippen molar-refractivity contribution in [1.29, 1.82) is 0 Å². The number of imidazole rings is 1. The molecule has 3 N–H and O–H groups in total. The maximum Gasteiger partial charge on any atom is 0.161 e. The van der Waals surface area contributed by atoms with Gasteiger partial charge in [0.2, 0.25) is 0 Å². The van der Waals surface area contributed by atoms with Gasteiger partial charge >= 0.3 is 0 Å². The van der Waals surface area contributed by atoms with Crippen molar-refractivity contribution >= 4 is 33.6 Å². The molecule has 1 aliphatic heterocycles. The Labute approximate surface area is 226 Å². The van der Waals surface area contributed by atoms with Crippen LogP contribution in [0.4, 0.5) is 11.5 Å². The molecule has 0 unspecified atom stereocenters. The predicted molar refractivity (Wildman–Crippen MR) is 154 cm³/mol. The molecule has 0 atom stereocenters. The van der Waals surface area contributed by atoms with Crippen LogP contribution in [0.3, 0.4) is 0 Å². The second-order valence-electron chi connectivity index (χ2n) is 10.7. The molecule has 2 aliphatic rings. The van der Waals surface area contributed by atoms with E-state index in [2.05, 4.69) is 60.0 Å². The zero-order valence-corrected chi connectivity index (χ0v) is 22.1. The van der Waals surface area contributed by atoms with Crippen LogP contribution in [0.5, 0.6) is 0 Å². The number of nitrogens with zero attached hydrogens (tertiary/aromatic N) is 7. The average molecular weight is 521 g/mol. The highest BCUT2D eigenvalue weighted by Gasteiger charge is 2.22. The van der Waals surface area contributed by atoms with Crippen molar-refractivity contribution in [1.82, 2.24) is 40.0 Å². The van der Waals surface area contributed by atoms with Gasteiger partial charge in [-0.25, -0.2) is 15.0 Å². The van der Waals surface area contributed by atoms with E-state index in [4.69, 9.17) is 9.97 Å². The van der Waals surface area contributed by atoms with Crippen LogP contribution >= 0.6 is 0 Å². The molecule has 0 aromatic carbocycles. The third-order valence-electron chi connectivity index (χ3n) is 8.00. The zero-order valence-electron chi connectivity index (χ0n) is 22.1. The lowest BCUT2D eigenvalue weighted by atomic mass is 10.0. The molecule has 1 saturated carbocycles. The van der Waals surface area contributed by atoms with Gasteiger partial charge in [0.25, 0.3) is 0 Å². The Morgan fingerprint density at radius 1 is 1.00 bits per heavy atom. The smallest absolute Gasteiger partial charge is 0.161 e. The van der Waals surface area contributed by atoms with E-state index in [1.54, 1.807) is 0 Å². The van der Waals surface area contributed by atoms with E-state index in [0.717, 1.165) is 76.7 Å². The summed E-state index contributed by atoms with van der Waals surface area (Å²) in [6, 6.07) is 8.04. The molecule has 2 fully saturated rings. The fourth-order valence-corrected chi connectivity index (χ4v) is 5.72. The third-order valence-corrected chi connectivity index (χ3v) is 8.00. The van der Waals surface area contributed by atoms with Crippen LogP contribution in [0.2, 0.25) is 0 Å². The Kier molecular flexibility index (Phi) is 5.96. The number of fused-ring (bicyclic) bond motifs is 2. The van der Waals surface area contributed by atoms with Crippen molar-refractivity contribution in [2.45, 2.75) is 25.7 Å². The first-order chi connectivity index (χ1) is 19.1. The highest BCUT2D eigenvalue weighted by molar-refractivity contribution is 5.94. The van der Waals surface area contributed by atoms with Crippen LogP contribution < -0.4 is 10.2 Å². The van der Waals surface area contributed by atoms with Gasteiger partial charge in [-0.1, -0.05) is 19.4 Å². The van der Waals surface area contributed by atoms with Gasteiger partial charge in [0.05, 0.1) is 28.6 Å². The minimum absolute atomic E-state index is 0.535. The van der Waals surface area contributed by atoms with Crippen LogP contribution in [0.15, 0.2) is 55.1 Å². The monoisotopic (exact) mass is 520 g/mol. The summed E-state index contributed by atoms with van der Waals surface area (Å²) < 4.78 is 0. The van der Waals surface area contributed by atoms with Crippen molar-refractivity contribution < 1.29 is 0 Å². The van der Waals surface area contributed by atoms with Crippen molar-refractivity contribution in [3.05, 3.63) is 55.1 Å². The van der Waals surface area contributed by atoms with Crippen LogP contribution in [-0.2, 0) is 0 Å². The highest BCUT2D eigenvalue weighted by atomic mass is 15.3. The molecule has 6 heterocycles. The van der Waals surface area contributed by atoms with Gasteiger partial charge in [0.15, 0.2) is 17.3 Å². The lowest BCUT2D eigenvalue weighted by molar-refractivity contribution is 0.312. The maximum absolute atomic E-state index is 4.99. The lowest BCUT2D eigenvalue weighted by Gasteiger charge is -2.33. The Morgan fingerprint density at radius 3 is 2.69 bits per heavy atom. The minimum atomic E-state index is 0.535. The van der Waals surface area contributed by atoms with Crippen LogP contribution in [0.25, 0.3) is 44.8 Å². The van der Waals surface area contributed by atoms with E-state index >= 15 is 0 Å². The van der Waals surface area contributed by atoms with Gasteiger partial charge in [-0.15, -0.1) is 0 Å². The Morgan fingerprint density at radius 2 is 1.85 bits per heavy atom. The molecule has 1 saturated heterocycles. The SMILES string of the molecule is C=C(Nc1cncc(-c2ccc3[nH]nc(-c4nc5c(N6CCN(C)CC6)nccc5[nH]4)c3n2)c1)C1CCCC1. The number of likely N-dealkylation sites (N-methyl/N-ethyl adjacent to an activating group) is 1. The number of aromatic nitrogens is 7. The molecule has 5 aromatic heterocycles. The summed E-state index contributed by atoms with van der Waals surface area (Å²) in [6.07, 6.45) is 10.5. The molecule has 10 heteroatoms. The zero-order chi connectivity index (χ0) is 26.3. The third kappa shape index (κ3) is 4.50. The number of H-pyrrole nitrogens is 2. The summed E-state index contributed by atoms with van der Waals surface area (Å²) in [6.45, 7) is 8.15. The number of hydrogen-bond acceptors (Lipinski definition) is 8. The fraction of sp³-hybridized carbons (Fsp3) is 0.345. The van der Waals surface area contributed by atoms with Crippen molar-refractivity contribution in [2.24, 2.45) is 5.92 Å². The van der Waals surface area contributed by atoms with E-state index in [1.165, 1.54) is 25.7 Å². The van der Waals surface area contributed by atoms with Gasteiger partial charge in [-0.2, -0.15) is 5.10 Å². The number of piperazine rings is 1. The summed E-state index contributed by atoms with van der Waals surface area (Å²) in [4.78, 5) is 27.2. The number of nitrogens with one attached hydrogen (secondary N) is 3. The van der Waals surface area contributed by atoms with E-state index in [1.807, 2.05) is 36.8 Å². The summed E-state index contributed by atoms with van der Waals surface area (Å²) in [5.74, 6) is 2.12. The van der Waals surface area contributed by atoms with Crippen molar-refractivity contribution in [3.8, 4) is 22.8 Å². The van der Waals surface area contributed by atoms with Crippen molar-refractivity contribution in [2.75, 3.05) is 43.4 Å². The Balaban J connectivity index is 1.21. The normalized spacial score (nSPS) is 16.9. The Hall–Kier alpha value is -4.31. The molecular weight excluding hydrogens is 488 g/mol. The average Bonchev–Trinajstić information content (AvgIpc) is 3.73. The molecule has 7 rings (SSSR count). The second-order valence-corrected chi connectivity index (χ2v) is 10.7. The number of anilines is 2. The standard InChI is InChI=1S/C29H32N10/c1-18(19-5-3-4-6-19)32-21-15-20(16-30-17-21)22-7-8-24-25(33-22)27(37-36-24)28-34-23-9-10-31-29(26(23)35-28)39-13-11-38(2)12-14-39/h7-10,15-17,19,32H,1,3-6,11-14H2,2H3,(H,34,35)(H,36,37). The summed E-state index contributed by atoms with van der Waals surface area (Å²) in [5, 5.41) is 11.2. The van der Waals surface area contributed by atoms with Crippen LogP contribution in [-0.4, -0.2) is 73.2 Å². The Bertz CT molecular complexity index is 1650. The lowest BCUT2D eigenvalue weighted by Crippen LogP contribution is -2.44. The van der Waals surface area contributed by atoms with Gasteiger partial charge in [-0.05, 0) is 50.1 Å². The second kappa shape index (κ2) is 9.77. The van der Waals surface area contributed by atoms with Crippen LogP contribution in [0, 0.1) is 5.92 Å². The number of aromatic amines is 2. The van der Waals surface area contributed by atoms with Gasteiger partial charge in [-0.3, -0.25) is 10.1 Å². The molecule has 0 radical (unpaired) electrons. The van der Waals surface area contributed by atoms with Gasteiger partial charge < -0.3 is 20.1 Å². The number of allylic oxidation sites excluding steroid dienone is 1. The topological polar surface area (TPSA) is 115 Å². The summed E-state index contributed by atoms with van der Waals surface area (Å²) in [7, 11) is 2.15. The fourth-order valence-electron chi connectivity index (χ4n) is 5.72. The van der Waals surface area contributed by atoms with E-state index in [-0.39, 0.29) is 0 Å². The van der Waals surface area contributed by atoms with E-state index in [9.17, 15) is 0 Å². The molecule has 0 spiro atoms. The molecule has 0 amide bonds. The first kappa shape index (κ1) is 23.8. The summed E-state index contributed by atoms with van der Waals surface area (Å²) >= 11 is 0. The molecular formula is C29H32N10. The minimum Gasteiger partial charge on any atom is -0.358 e. The number of pyridine rings is 3. The molecule has 1 aliphatic carbocycles. The summed E-state index contributed by atoms with van der Waals surface area (Å²) in [5.41, 5.74) is 7.84. The first-order valence-electron chi connectivity index (χ1n) is 13.7. The van der Waals surface area contributed by atoms with Crippen molar-refractivity contribution in [3.63, 3.8) is 0 Å². The maximum atomic E-state index is 4.99. The molecule has 198 valence electrons. The van der Waals surface area contributed by atoms with E-state index < -0.39 is 0 Å². The van der Waals surface area contributed by atoms with Gasteiger partial charge in [0.1, 0.15) is 11.0 Å². The quantitative estimate of drug-likeness (QED) is 0.292. The molecule has 0 bridgehead atoms. The predicted octanol–water partition coefficient (Wildman–Crippen LogP) is 4.83.